The van der Waals surface area contributed by atoms with Gasteiger partial charge in [0, 0.05) is 12.1 Å². The molecular formula is C26H30ClNO5. The summed E-state index contributed by atoms with van der Waals surface area (Å²) in [6.07, 6.45) is 2.49. The van der Waals surface area contributed by atoms with E-state index in [0.29, 0.717) is 36.8 Å². The maximum atomic E-state index is 13.1. The average Bonchev–Trinajstić information content (AvgIpc) is 3.07. The molecule has 33 heavy (non-hydrogen) atoms. The van der Waals surface area contributed by atoms with Crippen LogP contribution < -0.4 is 9.47 Å². The Kier molecular flexibility index (Phi) is 8.39. The van der Waals surface area contributed by atoms with E-state index < -0.39 is 17.7 Å². The quantitative estimate of drug-likeness (QED) is 0.271. The fraction of sp³-hybridized carbons (Fsp3) is 0.385. The van der Waals surface area contributed by atoms with Crippen molar-refractivity contribution in [3.8, 4) is 11.5 Å². The summed E-state index contributed by atoms with van der Waals surface area (Å²) in [5.41, 5.74) is 0.991. The lowest BCUT2D eigenvalue weighted by Gasteiger charge is -2.25. The zero-order valence-electron chi connectivity index (χ0n) is 19.3. The summed E-state index contributed by atoms with van der Waals surface area (Å²) in [5, 5.41) is 11.5. The van der Waals surface area contributed by atoms with Gasteiger partial charge in [-0.3, -0.25) is 9.59 Å². The highest BCUT2D eigenvalue weighted by molar-refractivity contribution is 6.47. The molecular weight excluding hydrogens is 442 g/mol. The molecule has 2 aromatic rings. The van der Waals surface area contributed by atoms with Gasteiger partial charge in [0.1, 0.15) is 17.3 Å². The number of rotatable bonds is 10. The van der Waals surface area contributed by atoms with E-state index in [9.17, 15) is 14.7 Å². The fourth-order valence-corrected chi connectivity index (χ4v) is 4.05. The molecule has 1 atom stereocenters. The summed E-state index contributed by atoms with van der Waals surface area (Å²) < 4.78 is 11.2. The number of hydrogen-bond acceptors (Lipinski definition) is 5. The number of likely N-dealkylation sites (tertiary alicyclic amines) is 1. The van der Waals surface area contributed by atoms with Gasteiger partial charge in [-0.1, -0.05) is 44.0 Å². The first-order chi connectivity index (χ1) is 15.9. The number of Topliss-reactive ketones (excluding diaryl/α,β-unsaturated/α-hetero) is 1. The van der Waals surface area contributed by atoms with Gasteiger partial charge in [-0.05, 0) is 55.7 Å². The Morgan fingerprint density at radius 1 is 1.00 bits per heavy atom. The first-order valence-electron chi connectivity index (χ1n) is 11.4. The lowest BCUT2D eigenvalue weighted by atomic mass is 9.95. The van der Waals surface area contributed by atoms with Crippen LogP contribution in [0.3, 0.4) is 0 Å². The number of nitrogens with zero attached hydrogens (tertiary/aromatic N) is 1. The second-order valence-corrected chi connectivity index (χ2v) is 8.25. The summed E-state index contributed by atoms with van der Waals surface area (Å²) >= 11 is 6.36. The van der Waals surface area contributed by atoms with Crippen molar-refractivity contribution in [1.29, 1.82) is 0 Å². The molecule has 1 aliphatic heterocycles. The van der Waals surface area contributed by atoms with Gasteiger partial charge in [0.15, 0.2) is 0 Å². The van der Waals surface area contributed by atoms with Crippen LogP contribution in [-0.4, -0.2) is 41.5 Å². The standard InChI is InChI=1S/C26H30ClNO5/c1-4-7-14-28-23(17-8-10-18(11-9-17)33-15-5-2)22(25(30)26(28)31)24(29)20-16-19(32-6-3)12-13-21(20)27/h8-13,16,23,29H,4-7,14-15H2,1-3H3/b24-22+. The molecule has 1 saturated heterocycles. The van der Waals surface area contributed by atoms with E-state index in [1.54, 1.807) is 18.2 Å². The van der Waals surface area contributed by atoms with Crippen molar-refractivity contribution in [2.75, 3.05) is 19.8 Å². The van der Waals surface area contributed by atoms with Crippen LogP contribution in [0.2, 0.25) is 5.02 Å². The molecule has 1 amide bonds. The van der Waals surface area contributed by atoms with Gasteiger partial charge >= 0.3 is 0 Å². The fourth-order valence-electron chi connectivity index (χ4n) is 3.84. The van der Waals surface area contributed by atoms with E-state index in [1.165, 1.54) is 4.90 Å². The van der Waals surface area contributed by atoms with Crippen molar-refractivity contribution >= 4 is 29.1 Å². The van der Waals surface area contributed by atoms with Crippen LogP contribution in [-0.2, 0) is 9.59 Å². The monoisotopic (exact) mass is 471 g/mol. The molecule has 0 saturated carbocycles. The number of carbonyl (C=O) groups is 2. The van der Waals surface area contributed by atoms with Crippen molar-refractivity contribution in [1.82, 2.24) is 4.90 Å². The molecule has 3 rings (SSSR count). The van der Waals surface area contributed by atoms with E-state index in [1.807, 2.05) is 45.0 Å². The van der Waals surface area contributed by atoms with Gasteiger partial charge in [-0.25, -0.2) is 0 Å². The molecule has 0 aromatic heterocycles. The number of amides is 1. The maximum Gasteiger partial charge on any atom is 0.295 e. The summed E-state index contributed by atoms with van der Waals surface area (Å²) in [5.74, 6) is -0.442. The highest BCUT2D eigenvalue weighted by atomic mass is 35.5. The molecule has 0 spiro atoms. The van der Waals surface area contributed by atoms with Crippen molar-refractivity contribution in [2.24, 2.45) is 0 Å². The SMILES string of the molecule is CCCCN1C(=O)C(=O)/C(=C(/O)c2cc(OCC)ccc2Cl)C1c1ccc(OCCC)cc1. The topological polar surface area (TPSA) is 76.1 Å². The molecule has 0 bridgehead atoms. The summed E-state index contributed by atoms with van der Waals surface area (Å²) in [6, 6.07) is 11.4. The number of benzene rings is 2. The maximum absolute atomic E-state index is 13.1. The van der Waals surface area contributed by atoms with E-state index in [4.69, 9.17) is 21.1 Å². The van der Waals surface area contributed by atoms with Gasteiger partial charge in [0.25, 0.3) is 11.7 Å². The number of aliphatic hydroxyl groups excluding tert-OH is 1. The molecule has 1 N–H and O–H groups in total. The van der Waals surface area contributed by atoms with E-state index in [-0.39, 0.29) is 21.9 Å². The summed E-state index contributed by atoms with van der Waals surface area (Å²) in [7, 11) is 0. The minimum absolute atomic E-state index is 0.0221. The lowest BCUT2D eigenvalue weighted by molar-refractivity contribution is -0.139. The number of halogens is 1. The number of unbranched alkanes of at least 4 members (excludes halogenated alkanes) is 1. The lowest BCUT2D eigenvalue weighted by Crippen LogP contribution is -2.30. The zero-order valence-corrected chi connectivity index (χ0v) is 20.0. The predicted molar refractivity (Wildman–Crippen MR) is 129 cm³/mol. The normalized spacial score (nSPS) is 17.5. The van der Waals surface area contributed by atoms with Crippen LogP contribution in [0.25, 0.3) is 5.76 Å². The van der Waals surface area contributed by atoms with Gasteiger partial charge in [-0.2, -0.15) is 0 Å². The Hall–Kier alpha value is -2.99. The highest BCUT2D eigenvalue weighted by Gasteiger charge is 2.45. The van der Waals surface area contributed by atoms with E-state index >= 15 is 0 Å². The van der Waals surface area contributed by atoms with Gasteiger partial charge in [-0.15, -0.1) is 0 Å². The Balaban J connectivity index is 2.11. The van der Waals surface area contributed by atoms with Crippen molar-refractivity contribution in [3.05, 3.63) is 64.2 Å². The van der Waals surface area contributed by atoms with Crippen LogP contribution in [0.4, 0.5) is 0 Å². The summed E-state index contributed by atoms with van der Waals surface area (Å²) in [6.45, 7) is 7.34. The van der Waals surface area contributed by atoms with Crippen LogP contribution in [0.15, 0.2) is 48.0 Å². The predicted octanol–water partition coefficient (Wildman–Crippen LogP) is 5.75. The van der Waals surface area contributed by atoms with Crippen LogP contribution in [0, 0.1) is 0 Å². The Labute approximate surface area is 199 Å². The Bertz CT molecular complexity index is 1030. The number of ketones is 1. The molecule has 176 valence electrons. The van der Waals surface area contributed by atoms with Gasteiger partial charge in [0.05, 0.1) is 29.9 Å². The molecule has 2 aromatic carbocycles. The second-order valence-electron chi connectivity index (χ2n) is 7.84. The van der Waals surface area contributed by atoms with Crippen molar-refractivity contribution in [3.63, 3.8) is 0 Å². The summed E-state index contributed by atoms with van der Waals surface area (Å²) in [4.78, 5) is 27.6. The Morgan fingerprint density at radius 2 is 1.70 bits per heavy atom. The number of ether oxygens (including phenoxy) is 2. The first-order valence-corrected chi connectivity index (χ1v) is 11.7. The third kappa shape index (κ3) is 5.33. The smallest absolute Gasteiger partial charge is 0.295 e. The molecule has 0 aliphatic carbocycles. The van der Waals surface area contributed by atoms with Gasteiger partial charge in [0.2, 0.25) is 0 Å². The zero-order chi connectivity index (χ0) is 24.0. The van der Waals surface area contributed by atoms with E-state index in [0.717, 1.165) is 19.3 Å². The minimum atomic E-state index is -0.724. The molecule has 1 aliphatic rings. The third-order valence-electron chi connectivity index (χ3n) is 5.47. The second kappa shape index (κ2) is 11.2. The van der Waals surface area contributed by atoms with Crippen molar-refractivity contribution < 1.29 is 24.2 Å². The van der Waals surface area contributed by atoms with Crippen LogP contribution in [0.1, 0.15) is 57.2 Å². The van der Waals surface area contributed by atoms with Crippen molar-refractivity contribution in [2.45, 2.75) is 46.1 Å². The number of carbonyl (C=O) groups excluding carboxylic acids is 2. The number of aliphatic hydroxyl groups is 1. The molecule has 1 unspecified atom stereocenters. The van der Waals surface area contributed by atoms with Crippen LogP contribution >= 0.6 is 11.6 Å². The van der Waals surface area contributed by atoms with Crippen LogP contribution in [0.5, 0.6) is 11.5 Å². The Morgan fingerprint density at radius 3 is 2.33 bits per heavy atom. The largest absolute Gasteiger partial charge is 0.507 e. The molecule has 0 radical (unpaired) electrons. The molecule has 1 fully saturated rings. The van der Waals surface area contributed by atoms with E-state index in [2.05, 4.69) is 0 Å². The molecule has 7 heteroatoms. The average molecular weight is 472 g/mol. The highest BCUT2D eigenvalue weighted by Crippen LogP contribution is 2.41. The molecule has 1 heterocycles. The third-order valence-corrected chi connectivity index (χ3v) is 5.79. The number of hydrogen-bond donors (Lipinski definition) is 1. The molecule has 6 nitrogen and oxygen atoms in total. The van der Waals surface area contributed by atoms with Gasteiger partial charge < -0.3 is 19.5 Å². The first kappa shape index (κ1) is 24.6. The minimum Gasteiger partial charge on any atom is -0.507 e.